The van der Waals surface area contributed by atoms with Crippen LogP contribution in [0.5, 0.6) is 0 Å². The van der Waals surface area contributed by atoms with Crippen LogP contribution in [0.1, 0.15) is 5.69 Å². The van der Waals surface area contributed by atoms with Crippen LogP contribution in [0, 0.1) is 0 Å². The minimum absolute atomic E-state index is 0.221. The second-order valence-corrected chi connectivity index (χ2v) is 4.58. The molecule has 0 saturated heterocycles. The summed E-state index contributed by atoms with van der Waals surface area (Å²) in [5.74, 6) is 0.669. The summed E-state index contributed by atoms with van der Waals surface area (Å²) in [5, 5.41) is 5.32. The third kappa shape index (κ3) is 2.87. The molecule has 2 rings (SSSR count). The highest BCUT2D eigenvalue weighted by Gasteiger charge is 2.03. The SMILES string of the molecule is Clc1ncc(Br)c(NCc2cscn2)n1. The third-order valence-corrected chi connectivity index (χ3v) is 3.03. The Morgan fingerprint density at radius 1 is 1.47 bits per heavy atom. The van der Waals surface area contributed by atoms with E-state index >= 15 is 0 Å². The van der Waals surface area contributed by atoms with Crippen molar-refractivity contribution in [3.63, 3.8) is 0 Å². The molecular weight excluding hydrogens is 300 g/mol. The standard InChI is InChI=1S/C8H6BrClN4S/c9-6-2-12-8(10)14-7(6)11-1-5-3-15-4-13-5/h2-4H,1H2,(H,11,12,14). The molecule has 2 heterocycles. The Morgan fingerprint density at radius 2 is 2.33 bits per heavy atom. The molecule has 0 aliphatic heterocycles. The maximum absolute atomic E-state index is 5.68. The second-order valence-electron chi connectivity index (χ2n) is 2.67. The highest BCUT2D eigenvalue weighted by atomic mass is 79.9. The van der Waals surface area contributed by atoms with Gasteiger partial charge in [-0.15, -0.1) is 11.3 Å². The Bertz CT molecular complexity index is 448. The fourth-order valence-corrected chi connectivity index (χ4v) is 1.99. The molecule has 78 valence electrons. The number of hydrogen-bond acceptors (Lipinski definition) is 5. The molecule has 4 nitrogen and oxygen atoms in total. The van der Waals surface area contributed by atoms with Crippen molar-refractivity contribution < 1.29 is 0 Å². The van der Waals surface area contributed by atoms with Gasteiger partial charge in [-0.2, -0.15) is 4.98 Å². The summed E-state index contributed by atoms with van der Waals surface area (Å²) in [5.41, 5.74) is 2.76. The Hall–Kier alpha value is -0.720. The van der Waals surface area contributed by atoms with Gasteiger partial charge in [0.05, 0.1) is 22.2 Å². The van der Waals surface area contributed by atoms with Crippen molar-refractivity contribution in [2.75, 3.05) is 5.32 Å². The minimum atomic E-state index is 0.221. The van der Waals surface area contributed by atoms with Gasteiger partial charge in [0.1, 0.15) is 5.82 Å². The van der Waals surface area contributed by atoms with Crippen LogP contribution < -0.4 is 5.32 Å². The minimum Gasteiger partial charge on any atom is -0.363 e. The molecule has 0 spiro atoms. The predicted molar refractivity (Wildman–Crippen MR) is 64.2 cm³/mol. The lowest BCUT2D eigenvalue weighted by molar-refractivity contribution is 1.03. The fraction of sp³-hybridized carbons (Fsp3) is 0.125. The molecule has 7 heteroatoms. The number of nitrogens with zero attached hydrogens (tertiary/aromatic N) is 3. The molecule has 15 heavy (non-hydrogen) atoms. The van der Waals surface area contributed by atoms with Gasteiger partial charge < -0.3 is 5.32 Å². The van der Waals surface area contributed by atoms with E-state index in [2.05, 4.69) is 36.2 Å². The quantitative estimate of drug-likeness (QED) is 0.886. The second kappa shape index (κ2) is 4.87. The van der Waals surface area contributed by atoms with Gasteiger partial charge >= 0.3 is 0 Å². The number of aromatic nitrogens is 3. The maximum atomic E-state index is 5.68. The molecule has 0 fully saturated rings. The average molecular weight is 306 g/mol. The monoisotopic (exact) mass is 304 g/mol. The number of hydrogen-bond donors (Lipinski definition) is 1. The molecule has 0 amide bonds. The van der Waals surface area contributed by atoms with Crippen LogP contribution in [0.2, 0.25) is 5.28 Å². The van der Waals surface area contributed by atoms with Gasteiger partial charge in [-0.05, 0) is 27.5 Å². The molecule has 0 saturated carbocycles. The predicted octanol–water partition coefficient (Wildman–Crippen LogP) is 2.96. The fourth-order valence-electron chi connectivity index (χ4n) is 0.969. The van der Waals surface area contributed by atoms with E-state index in [0.717, 1.165) is 10.2 Å². The van der Waals surface area contributed by atoms with Crippen LogP contribution in [-0.2, 0) is 6.54 Å². The maximum Gasteiger partial charge on any atom is 0.224 e. The zero-order valence-electron chi connectivity index (χ0n) is 7.44. The summed E-state index contributed by atoms with van der Waals surface area (Å²) < 4.78 is 0.780. The van der Waals surface area contributed by atoms with Crippen LogP contribution >= 0.6 is 38.9 Å². The normalized spacial score (nSPS) is 10.3. The molecule has 0 aliphatic rings. The van der Waals surface area contributed by atoms with Crippen LogP contribution in [-0.4, -0.2) is 15.0 Å². The lowest BCUT2D eigenvalue weighted by Gasteiger charge is -2.05. The number of nitrogens with one attached hydrogen (secondary N) is 1. The van der Waals surface area contributed by atoms with Gasteiger partial charge in [-0.1, -0.05) is 0 Å². The highest BCUT2D eigenvalue weighted by Crippen LogP contribution is 2.20. The van der Waals surface area contributed by atoms with E-state index in [0.29, 0.717) is 12.4 Å². The number of rotatable bonds is 3. The van der Waals surface area contributed by atoms with Crippen molar-refractivity contribution in [2.24, 2.45) is 0 Å². The van der Waals surface area contributed by atoms with Gasteiger partial charge in [-0.25, -0.2) is 9.97 Å². The zero-order chi connectivity index (χ0) is 10.7. The average Bonchev–Trinajstić information content (AvgIpc) is 2.72. The zero-order valence-corrected chi connectivity index (χ0v) is 10.6. The van der Waals surface area contributed by atoms with E-state index in [9.17, 15) is 0 Å². The van der Waals surface area contributed by atoms with E-state index in [1.165, 1.54) is 0 Å². The van der Waals surface area contributed by atoms with Gasteiger partial charge in [-0.3, -0.25) is 0 Å². The largest absolute Gasteiger partial charge is 0.363 e. The Morgan fingerprint density at radius 3 is 3.07 bits per heavy atom. The van der Waals surface area contributed by atoms with Gasteiger partial charge in [0.25, 0.3) is 0 Å². The smallest absolute Gasteiger partial charge is 0.224 e. The molecule has 0 aromatic carbocycles. The van der Waals surface area contributed by atoms with Crippen LogP contribution in [0.3, 0.4) is 0 Å². The first-order chi connectivity index (χ1) is 7.25. The Labute approximate surface area is 104 Å². The summed E-state index contributed by atoms with van der Waals surface area (Å²) in [6, 6.07) is 0. The topological polar surface area (TPSA) is 50.7 Å². The van der Waals surface area contributed by atoms with Crippen LogP contribution in [0.25, 0.3) is 0 Å². The molecule has 0 atom stereocenters. The molecule has 0 radical (unpaired) electrons. The molecule has 0 unspecified atom stereocenters. The summed E-state index contributed by atoms with van der Waals surface area (Å²) >= 11 is 10.6. The van der Waals surface area contributed by atoms with Crippen LogP contribution in [0.4, 0.5) is 5.82 Å². The van der Waals surface area contributed by atoms with Gasteiger partial charge in [0.15, 0.2) is 0 Å². The van der Waals surface area contributed by atoms with Crippen molar-refractivity contribution in [3.8, 4) is 0 Å². The van der Waals surface area contributed by atoms with E-state index in [1.54, 1.807) is 23.0 Å². The number of thiazole rings is 1. The van der Waals surface area contributed by atoms with Crippen LogP contribution in [0.15, 0.2) is 21.6 Å². The van der Waals surface area contributed by atoms with Crippen molar-refractivity contribution >= 4 is 44.7 Å². The lowest BCUT2D eigenvalue weighted by Crippen LogP contribution is -2.03. The van der Waals surface area contributed by atoms with Crippen molar-refractivity contribution in [1.29, 1.82) is 0 Å². The summed E-state index contributed by atoms with van der Waals surface area (Å²) in [7, 11) is 0. The Kier molecular flexibility index (Phi) is 3.50. The molecule has 0 bridgehead atoms. The van der Waals surface area contributed by atoms with Gasteiger partial charge in [0, 0.05) is 11.6 Å². The molecule has 1 N–H and O–H groups in total. The lowest BCUT2D eigenvalue weighted by atomic mass is 10.4. The van der Waals surface area contributed by atoms with Crippen molar-refractivity contribution in [3.05, 3.63) is 32.5 Å². The van der Waals surface area contributed by atoms with Gasteiger partial charge in [0.2, 0.25) is 5.28 Å². The first kappa shape index (κ1) is 10.8. The van der Waals surface area contributed by atoms with E-state index in [-0.39, 0.29) is 5.28 Å². The van der Waals surface area contributed by atoms with E-state index < -0.39 is 0 Å². The Balaban J connectivity index is 2.07. The van der Waals surface area contributed by atoms with Crippen molar-refractivity contribution in [1.82, 2.24) is 15.0 Å². The van der Waals surface area contributed by atoms with Crippen molar-refractivity contribution in [2.45, 2.75) is 6.54 Å². The number of halogens is 2. The number of anilines is 1. The first-order valence-electron chi connectivity index (χ1n) is 4.04. The van der Waals surface area contributed by atoms with E-state index in [1.807, 2.05) is 5.38 Å². The molecular formula is C8H6BrClN4S. The highest BCUT2D eigenvalue weighted by molar-refractivity contribution is 9.10. The molecule has 0 aliphatic carbocycles. The summed E-state index contributed by atoms with van der Waals surface area (Å²) in [6.07, 6.45) is 1.61. The first-order valence-corrected chi connectivity index (χ1v) is 6.16. The molecule has 2 aromatic rings. The summed E-state index contributed by atoms with van der Waals surface area (Å²) in [4.78, 5) is 12.0. The summed E-state index contributed by atoms with van der Waals surface area (Å²) in [6.45, 7) is 0.620. The van der Waals surface area contributed by atoms with E-state index in [4.69, 9.17) is 11.6 Å². The third-order valence-electron chi connectivity index (χ3n) is 1.64. The molecule has 2 aromatic heterocycles.